The molecule has 152 valence electrons. The molecule has 0 saturated carbocycles. The molecule has 1 aliphatic rings. The number of benzene rings is 1. The van der Waals surface area contributed by atoms with E-state index in [0.29, 0.717) is 54.6 Å². The molecule has 0 aliphatic carbocycles. The molecular formula is C21H21N7O2. The Morgan fingerprint density at radius 1 is 1.13 bits per heavy atom. The van der Waals surface area contributed by atoms with E-state index in [1.165, 1.54) is 6.20 Å². The number of morpholine rings is 1. The summed E-state index contributed by atoms with van der Waals surface area (Å²) < 4.78 is 11.5. The third kappa shape index (κ3) is 4.51. The van der Waals surface area contributed by atoms with Crippen molar-refractivity contribution in [2.24, 2.45) is 5.73 Å². The van der Waals surface area contributed by atoms with Gasteiger partial charge in [-0.05, 0) is 36.7 Å². The highest BCUT2D eigenvalue weighted by atomic mass is 16.5. The van der Waals surface area contributed by atoms with Crippen LogP contribution in [0.15, 0.2) is 42.9 Å². The number of hydrogen-bond donors (Lipinski definition) is 1. The number of ether oxygens (including phenoxy) is 2. The minimum absolute atomic E-state index is 0.474. The smallest absolute Gasteiger partial charge is 0.162 e. The van der Waals surface area contributed by atoms with Gasteiger partial charge in [-0.15, -0.1) is 5.10 Å². The molecule has 9 nitrogen and oxygen atoms in total. The average molecular weight is 403 g/mol. The molecule has 1 fully saturated rings. The zero-order valence-electron chi connectivity index (χ0n) is 16.4. The van der Waals surface area contributed by atoms with Crippen LogP contribution in [-0.2, 0) is 11.2 Å². The van der Waals surface area contributed by atoms with Crippen molar-refractivity contribution >= 4 is 5.82 Å². The van der Waals surface area contributed by atoms with Crippen LogP contribution in [0.4, 0.5) is 5.82 Å². The lowest BCUT2D eigenvalue weighted by molar-refractivity contribution is 0.122. The van der Waals surface area contributed by atoms with Crippen LogP contribution >= 0.6 is 0 Å². The Bertz CT molecular complexity index is 1040. The van der Waals surface area contributed by atoms with Crippen molar-refractivity contribution in [1.29, 1.82) is 5.26 Å². The van der Waals surface area contributed by atoms with Gasteiger partial charge in [0, 0.05) is 31.5 Å². The summed E-state index contributed by atoms with van der Waals surface area (Å²) in [5.41, 5.74) is 7.71. The molecule has 0 bridgehead atoms. The van der Waals surface area contributed by atoms with E-state index < -0.39 is 0 Å². The Balaban J connectivity index is 1.64. The van der Waals surface area contributed by atoms with E-state index in [1.807, 2.05) is 6.07 Å². The molecule has 1 saturated heterocycles. The van der Waals surface area contributed by atoms with Crippen molar-refractivity contribution < 1.29 is 9.47 Å². The molecule has 0 atom stereocenters. The van der Waals surface area contributed by atoms with Gasteiger partial charge in [0.25, 0.3) is 0 Å². The molecular weight excluding hydrogens is 382 g/mol. The molecule has 0 radical (unpaired) electrons. The summed E-state index contributed by atoms with van der Waals surface area (Å²) in [6, 6.07) is 9.12. The van der Waals surface area contributed by atoms with Gasteiger partial charge in [0.2, 0.25) is 0 Å². The lowest BCUT2D eigenvalue weighted by Gasteiger charge is -2.27. The summed E-state index contributed by atoms with van der Waals surface area (Å²) in [5.74, 6) is 2.21. The van der Waals surface area contributed by atoms with Crippen molar-refractivity contribution in [3.63, 3.8) is 0 Å². The number of nitrogens with two attached hydrogens (primary N) is 1. The minimum atomic E-state index is 0.474. The molecule has 2 N–H and O–H groups in total. The van der Waals surface area contributed by atoms with Crippen molar-refractivity contribution in [2.75, 3.05) is 37.7 Å². The predicted molar refractivity (Wildman–Crippen MR) is 110 cm³/mol. The topological polar surface area (TPSA) is 123 Å². The molecule has 1 aromatic carbocycles. The summed E-state index contributed by atoms with van der Waals surface area (Å²) in [6.07, 6.45) is 5.76. The zero-order chi connectivity index (χ0) is 20.8. The number of nitriles is 1. The highest BCUT2D eigenvalue weighted by molar-refractivity contribution is 5.66. The van der Waals surface area contributed by atoms with Crippen molar-refractivity contribution in [3.8, 4) is 29.0 Å². The number of aromatic nitrogens is 4. The van der Waals surface area contributed by atoms with Crippen LogP contribution in [0, 0.1) is 11.3 Å². The van der Waals surface area contributed by atoms with Crippen LogP contribution in [0.2, 0.25) is 0 Å². The summed E-state index contributed by atoms with van der Waals surface area (Å²) in [7, 11) is 0. The van der Waals surface area contributed by atoms with E-state index in [9.17, 15) is 5.26 Å². The summed E-state index contributed by atoms with van der Waals surface area (Å²) in [6.45, 7) is 3.33. The molecule has 30 heavy (non-hydrogen) atoms. The number of nitrogens with zero attached hydrogens (tertiary/aromatic N) is 6. The molecule has 1 aliphatic heterocycles. The first-order valence-electron chi connectivity index (χ1n) is 9.65. The van der Waals surface area contributed by atoms with Gasteiger partial charge < -0.3 is 20.1 Å². The van der Waals surface area contributed by atoms with E-state index in [2.05, 4.69) is 31.1 Å². The number of anilines is 1. The first-order chi connectivity index (χ1) is 14.8. The first-order valence-corrected chi connectivity index (χ1v) is 9.65. The molecule has 3 heterocycles. The number of rotatable bonds is 6. The number of hydrogen-bond acceptors (Lipinski definition) is 9. The van der Waals surface area contributed by atoms with Gasteiger partial charge in [-0.1, -0.05) is 0 Å². The average Bonchev–Trinajstić information content (AvgIpc) is 2.81. The van der Waals surface area contributed by atoms with E-state index in [1.54, 1.807) is 30.6 Å². The Morgan fingerprint density at radius 2 is 1.93 bits per heavy atom. The minimum Gasteiger partial charge on any atom is -0.455 e. The van der Waals surface area contributed by atoms with Crippen molar-refractivity contribution in [2.45, 2.75) is 6.42 Å². The Labute approximate surface area is 174 Å². The monoisotopic (exact) mass is 403 g/mol. The van der Waals surface area contributed by atoms with Crippen molar-refractivity contribution in [1.82, 2.24) is 20.2 Å². The lowest BCUT2D eigenvalue weighted by Crippen LogP contribution is -2.36. The van der Waals surface area contributed by atoms with E-state index in [4.69, 9.17) is 15.2 Å². The molecule has 3 aromatic rings. The van der Waals surface area contributed by atoms with Crippen LogP contribution in [-0.4, -0.2) is 53.0 Å². The van der Waals surface area contributed by atoms with Crippen LogP contribution in [0.3, 0.4) is 0 Å². The first kappa shape index (κ1) is 19.7. The maximum atomic E-state index is 9.31. The van der Waals surface area contributed by atoms with Crippen LogP contribution in [0.25, 0.3) is 11.4 Å². The predicted octanol–water partition coefficient (Wildman–Crippen LogP) is 1.94. The molecule has 0 unspecified atom stereocenters. The Morgan fingerprint density at radius 3 is 2.67 bits per heavy atom. The third-order valence-corrected chi connectivity index (χ3v) is 4.67. The van der Waals surface area contributed by atoms with Gasteiger partial charge in [-0.25, -0.2) is 9.97 Å². The van der Waals surface area contributed by atoms with E-state index in [-0.39, 0.29) is 0 Å². The fraction of sp³-hybridized carbons (Fsp3) is 0.286. The van der Waals surface area contributed by atoms with Gasteiger partial charge in [-0.3, -0.25) is 0 Å². The SMILES string of the molecule is N#Cc1ccc(-c2ncc(CCN)cn2)c(Oc2cnnc(N3CCOCC3)c2)c1. The summed E-state index contributed by atoms with van der Waals surface area (Å²) in [5, 5.41) is 17.6. The second-order valence-corrected chi connectivity index (χ2v) is 6.73. The van der Waals surface area contributed by atoms with Crippen molar-refractivity contribution in [3.05, 3.63) is 54.0 Å². The van der Waals surface area contributed by atoms with Gasteiger partial charge >= 0.3 is 0 Å². The van der Waals surface area contributed by atoms with Gasteiger partial charge in [-0.2, -0.15) is 10.4 Å². The summed E-state index contributed by atoms with van der Waals surface area (Å²) in [4.78, 5) is 11.0. The quantitative estimate of drug-likeness (QED) is 0.657. The largest absolute Gasteiger partial charge is 0.455 e. The molecule has 4 rings (SSSR count). The molecule has 9 heteroatoms. The normalized spacial score (nSPS) is 13.7. The highest BCUT2D eigenvalue weighted by Crippen LogP contribution is 2.33. The van der Waals surface area contributed by atoms with Crippen LogP contribution in [0.5, 0.6) is 11.5 Å². The standard InChI is InChI=1S/C21H21N7O2/c22-4-3-16-12-24-21(25-13-16)18-2-1-15(11-23)9-19(18)30-17-10-20(27-26-14-17)28-5-7-29-8-6-28/h1-2,9-10,12-14H,3-8,22H2. The molecule has 0 spiro atoms. The fourth-order valence-corrected chi connectivity index (χ4v) is 3.12. The van der Waals surface area contributed by atoms with Gasteiger partial charge in [0.1, 0.15) is 5.75 Å². The Kier molecular flexibility index (Phi) is 6.08. The zero-order valence-corrected chi connectivity index (χ0v) is 16.4. The highest BCUT2D eigenvalue weighted by Gasteiger charge is 2.16. The molecule has 0 amide bonds. The molecule has 2 aromatic heterocycles. The second-order valence-electron chi connectivity index (χ2n) is 6.73. The lowest BCUT2D eigenvalue weighted by atomic mass is 10.1. The van der Waals surface area contributed by atoms with Gasteiger partial charge in [0.15, 0.2) is 17.4 Å². The van der Waals surface area contributed by atoms with Gasteiger partial charge in [0.05, 0.1) is 36.6 Å². The third-order valence-electron chi connectivity index (χ3n) is 4.67. The van der Waals surface area contributed by atoms with E-state index in [0.717, 1.165) is 24.5 Å². The van der Waals surface area contributed by atoms with Crippen LogP contribution in [0.1, 0.15) is 11.1 Å². The summed E-state index contributed by atoms with van der Waals surface area (Å²) >= 11 is 0. The second kappa shape index (κ2) is 9.26. The Hall–Kier alpha value is -3.61. The maximum Gasteiger partial charge on any atom is 0.162 e. The fourth-order valence-electron chi connectivity index (χ4n) is 3.12. The van der Waals surface area contributed by atoms with Crippen LogP contribution < -0.4 is 15.4 Å². The van der Waals surface area contributed by atoms with E-state index >= 15 is 0 Å². The maximum absolute atomic E-state index is 9.31.